The zero-order valence-corrected chi connectivity index (χ0v) is 11.9. The van der Waals surface area contributed by atoms with E-state index in [1.54, 1.807) is 11.3 Å². The summed E-state index contributed by atoms with van der Waals surface area (Å²) in [5.41, 5.74) is 2.51. The first-order chi connectivity index (χ1) is 9.54. The predicted molar refractivity (Wildman–Crippen MR) is 76.2 cm³/mol. The lowest BCUT2D eigenvalue weighted by Gasteiger charge is -2.07. The maximum atomic E-state index is 13.1. The van der Waals surface area contributed by atoms with Crippen LogP contribution in [0.2, 0.25) is 0 Å². The highest BCUT2D eigenvalue weighted by atomic mass is 32.1. The number of aromatic nitrogens is 2. The number of rotatable bonds is 3. The highest BCUT2D eigenvalue weighted by molar-refractivity contribution is 7.17. The van der Waals surface area contributed by atoms with E-state index in [2.05, 4.69) is 10.3 Å². The molecule has 3 rings (SSSR count). The number of halogens is 2. The fraction of sp³-hybridized carbons (Fsp3) is 0.214. The molecule has 0 saturated carbocycles. The minimum atomic E-state index is -0.850. The number of nitrogens with zero attached hydrogens (tertiary/aromatic N) is 2. The summed E-state index contributed by atoms with van der Waals surface area (Å²) in [4.78, 5) is 6.61. The first-order valence-corrected chi connectivity index (χ1v) is 6.99. The van der Waals surface area contributed by atoms with Crippen molar-refractivity contribution >= 4 is 22.0 Å². The van der Waals surface area contributed by atoms with Gasteiger partial charge in [0.25, 0.3) is 0 Å². The second-order valence-corrected chi connectivity index (χ2v) is 5.83. The van der Waals surface area contributed by atoms with Gasteiger partial charge in [-0.3, -0.25) is 4.40 Å². The number of fused-ring (bicyclic) bond motifs is 1. The maximum Gasteiger partial charge on any atom is 0.194 e. The van der Waals surface area contributed by atoms with Crippen molar-refractivity contribution in [1.29, 1.82) is 0 Å². The van der Waals surface area contributed by atoms with E-state index in [0.717, 1.165) is 28.5 Å². The van der Waals surface area contributed by atoms with Gasteiger partial charge in [-0.15, -0.1) is 11.3 Å². The number of aryl methyl sites for hydroxylation is 2. The van der Waals surface area contributed by atoms with Gasteiger partial charge in [-0.2, -0.15) is 0 Å². The van der Waals surface area contributed by atoms with Gasteiger partial charge in [-0.05, 0) is 26.0 Å². The highest BCUT2D eigenvalue weighted by Gasteiger charge is 2.11. The molecule has 20 heavy (non-hydrogen) atoms. The van der Waals surface area contributed by atoms with Crippen LogP contribution < -0.4 is 5.32 Å². The molecule has 3 aromatic rings. The molecule has 3 nitrogen and oxygen atoms in total. The summed E-state index contributed by atoms with van der Waals surface area (Å²) in [5, 5.41) is 3.09. The number of hydrogen-bond acceptors (Lipinski definition) is 3. The molecule has 0 saturated heterocycles. The summed E-state index contributed by atoms with van der Waals surface area (Å²) in [5.74, 6) is -1.69. The predicted octanol–water partition coefficient (Wildman–Crippen LogP) is 3.90. The Labute approximate surface area is 118 Å². The van der Waals surface area contributed by atoms with E-state index in [4.69, 9.17) is 0 Å². The van der Waals surface area contributed by atoms with Crippen LogP contribution in [0.1, 0.15) is 16.3 Å². The summed E-state index contributed by atoms with van der Waals surface area (Å²) in [6.45, 7) is 4.48. The van der Waals surface area contributed by atoms with Gasteiger partial charge >= 0.3 is 0 Å². The minimum absolute atomic E-state index is 0.508. The van der Waals surface area contributed by atoms with E-state index in [0.29, 0.717) is 12.2 Å². The fourth-order valence-corrected chi connectivity index (χ4v) is 3.00. The fourth-order valence-electron chi connectivity index (χ4n) is 2.11. The Bertz CT molecular complexity index is 776. The lowest BCUT2D eigenvalue weighted by atomic mass is 10.2. The molecular weight excluding hydrogens is 280 g/mol. The number of hydrogen-bond donors (Lipinski definition) is 1. The standard InChI is InChI=1S/C14H13F2N3S/c1-8-7-19-13(9(2)18-14(19)20-8)6-17-10-3-4-11(15)12(16)5-10/h3-5,7,17H,6H2,1-2H3. The molecule has 2 aromatic heterocycles. The van der Waals surface area contributed by atoms with Gasteiger partial charge in [0.1, 0.15) is 0 Å². The zero-order chi connectivity index (χ0) is 14.3. The van der Waals surface area contributed by atoms with Gasteiger partial charge in [0.2, 0.25) is 0 Å². The van der Waals surface area contributed by atoms with Crippen molar-refractivity contribution in [3.63, 3.8) is 0 Å². The van der Waals surface area contributed by atoms with Crippen molar-refractivity contribution in [2.45, 2.75) is 20.4 Å². The molecule has 1 N–H and O–H groups in total. The first kappa shape index (κ1) is 13.1. The van der Waals surface area contributed by atoms with Crippen LogP contribution in [-0.2, 0) is 6.54 Å². The SMILES string of the molecule is Cc1cn2c(CNc3ccc(F)c(F)c3)c(C)nc2s1. The quantitative estimate of drug-likeness (QED) is 0.793. The molecule has 104 valence electrons. The van der Waals surface area contributed by atoms with Crippen LogP contribution in [0, 0.1) is 25.5 Å². The van der Waals surface area contributed by atoms with Crippen LogP contribution in [-0.4, -0.2) is 9.38 Å². The van der Waals surface area contributed by atoms with E-state index >= 15 is 0 Å². The zero-order valence-electron chi connectivity index (χ0n) is 11.1. The monoisotopic (exact) mass is 293 g/mol. The van der Waals surface area contributed by atoms with Crippen molar-refractivity contribution in [1.82, 2.24) is 9.38 Å². The average molecular weight is 293 g/mol. The molecule has 0 fully saturated rings. The summed E-state index contributed by atoms with van der Waals surface area (Å²) in [7, 11) is 0. The molecule has 0 bridgehead atoms. The van der Waals surface area contributed by atoms with Gasteiger partial charge < -0.3 is 5.32 Å². The van der Waals surface area contributed by atoms with Gasteiger partial charge in [-0.25, -0.2) is 13.8 Å². The number of imidazole rings is 1. The third kappa shape index (κ3) is 2.27. The van der Waals surface area contributed by atoms with Crippen molar-refractivity contribution < 1.29 is 8.78 Å². The highest BCUT2D eigenvalue weighted by Crippen LogP contribution is 2.22. The smallest absolute Gasteiger partial charge is 0.194 e. The van der Waals surface area contributed by atoms with E-state index in [9.17, 15) is 8.78 Å². The Morgan fingerprint density at radius 1 is 1.25 bits per heavy atom. The van der Waals surface area contributed by atoms with Crippen LogP contribution in [0.5, 0.6) is 0 Å². The Morgan fingerprint density at radius 2 is 2.05 bits per heavy atom. The third-order valence-electron chi connectivity index (χ3n) is 3.12. The molecule has 2 heterocycles. The van der Waals surface area contributed by atoms with E-state index in [1.807, 2.05) is 24.4 Å². The lowest BCUT2D eigenvalue weighted by molar-refractivity contribution is 0.509. The number of nitrogens with one attached hydrogen (secondary N) is 1. The summed E-state index contributed by atoms with van der Waals surface area (Å²) in [6.07, 6.45) is 2.03. The molecule has 0 radical (unpaired) electrons. The summed E-state index contributed by atoms with van der Waals surface area (Å²) < 4.78 is 28.1. The third-order valence-corrected chi connectivity index (χ3v) is 4.02. The van der Waals surface area contributed by atoms with Crippen molar-refractivity contribution in [3.8, 4) is 0 Å². The molecular formula is C14H13F2N3S. The molecule has 1 aromatic carbocycles. The summed E-state index contributed by atoms with van der Waals surface area (Å²) in [6, 6.07) is 3.79. The number of benzene rings is 1. The Hall–Kier alpha value is -1.95. The Morgan fingerprint density at radius 3 is 2.80 bits per heavy atom. The maximum absolute atomic E-state index is 13.1. The van der Waals surface area contributed by atoms with Crippen molar-refractivity contribution in [2.75, 3.05) is 5.32 Å². The molecule has 0 aliphatic carbocycles. The topological polar surface area (TPSA) is 29.3 Å². The molecule has 0 atom stereocenters. The molecule has 6 heteroatoms. The molecule has 0 spiro atoms. The normalized spacial score (nSPS) is 11.2. The van der Waals surface area contributed by atoms with Gasteiger partial charge in [-0.1, -0.05) is 0 Å². The van der Waals surface area contributed by atoms with Crippen LogP contribution in [0.25, 0.3) is 4.96 Å². The Kier molecular flexibility index (Phi) is 3.17. The molecule has 0 amide bonds. The molecule has 0 aliphatic rings. The van der Waals surface area contributed by atoms with Crippen LogP contribution in [0.3, 0.4) is 0 Å². The van der Waals surface area contributed by atoms with E-state index in [-0.39, 0.29) is 0 Å². The second-order valence-electron chi connectivity index (χ2n) is 4.62. The largest absolute Gasteiger partial charge is 0.379 e. The van der Waals surface area contributed by atoms with Crippen LogP contribution in [0.4, 0.5) is 14.5 Å². The minimum Gasteiger partial charge on any atom is -0.379 e. The summed E-state index contributed by atoms with van der Waals surface area (Å²) >= 11 is 1.63. The van der Waals surface area contributed by atoms with Gasteiger partial charge in [0.15, 0.2) is 16.6 Å². The molecule has 0 aliphatic heterocycles. The van der Waals surface area contributed by atoms with E-state index < -0.39 is 11.6 Å². The first-order valence-electron chi connectivity index (χ1n) is 6.17. The van der Waals surface area contributed by atoms with Crippen LogP contribution in [0.15, 0.2) is 24.4 Å². The molecule has 0 unspecified atom stereocenters. The van der Waals surface area contributed by atoms with Crippen molar-refractivity contribution in [3.05, 3.63) is 52.3 Å². The van der Waals surface area contributed by atoms with E-state index in [1.165, 1.54) is 10.9 Å². The van der Waals surface area contributed by atoms with Crippen molar-refractivity contribution in [2.24, 2.45) is 0 Å². The average Bonchev–Trinajstić information content (AvgIpc) is 2.87. The number of anilines is 1. The van der Waals surface area contributed by atoms with Crippen LogP contribution >= 0.6 is 11.3 Å². The van der Waals surface area contributed by atoms with Gasteiger partial charge in [0, 0.05) is 22.8 Å². The van der Waals surface area contributed by atoms with Gasteiger partial charge in [0.05, 0.1) is 17.9 Å². The number of thiazole rings is 1. The lowest BCUT2D eigenvalue weighted by Crippen LogP contribution is -2.04. The Balaban J connectivity index is 1.85. The second kappa shape index (κ2) is 4.86.